The van der Waals surface area contributed by atoms with Crippen LogP contribution in [0.25, 0.3) is 0 Å². The van der Waals surface area contributed by atoms with Crippen molar-refractivity contribution >= 4 is 19.7 Å². The van der Waals surface area contributed by atoms with Gasteiger partial charge in [0.25, 0.3) is 7.82 Å². The molecule has 9 nitrogen and oxygen atoms in total. The zero-order chi connectivity index (χ0) is 58.6. The molecule has 456 valence electrons. The summed E-state index contributed by atoms with van der Waals surface area (Å²) in [6, 6.07) is -0.930. The van der Waals surface area contributed by atoms with Gasteiger partial charge in [-0.05, 0) is 128 Å². The zero-order valence-electron chi connectivity index (χ0n) is 52.0. The maximum Gasteiger partial charge on any atom is 0.306 e. The highest BCUT2D eigenvalue weighted by molar-refractivity contribution is 7.45. The van der Waals surface area contributed by atoms with Gasteiger partial charge in [-0.3, -0.25) is 14.2 Å². The van der Waals surface area contributed by atoms with E-state index in [0.29, 0.717) is 23.9 Å². The molecule has 0 aliphatic carbocycles. The number of hydrogen-bond acceptors (Lipinski definition) is 7. The fourth-order valence-electron chi connectivity index (χ4n) is 8.39. The summed E-state index contributed by atoms with van der Waals surface area (Å²) >= 11 is 0. The Morgan fingerprint density at radius 3 is 1.24 bits per heavy atom. The smallest absolute Gasteiger partial charge is 0.306 e. The molecule has 80 heavy (non-hydrogen) atoms. The summed E-state index contributed by atoms with van der Waals surface area (Å²) in [7, 11) is 1.12. The molecule has 0 radical (unpaired) electrons. The van der Waals surface area contributed by atoms with Gasteiger partial charge in [-0.1, -0.05) is 238 Å². The molecule has 0 aromatic heterocycles. The molecule has 3 atom stereocenters. The lowest BCUT2D eigenvalue weighted by atomic mass is 10.1. The summed E-state index contributed by atoms with van der Waals surface area (Å²) in [6.07, 6.45) is 82.8. The number of likely N-dealkylation sites (N-methyl/N-ethyl adjacent to an activating group) is 1. The fourth-order valence-corrected chi connectivity index (χ4v) is 9.11. The number of nitrogens with zero attached hydrogens (tertiary/aromatic N) is 1. The molecule has 0 fully saturated rings. The first-order chi connectivity index (χ1) is 38.9. The van der Waals surface area contributed by atoms with Gasteiger partial charge in [0.15, 0.2) is 0 Å². The lowest BCUT2D eigenvalue weighted by Crippen LogP contribution is -2.47. The zero-order valence-corrected chi connectivity index (χ0v) is 52.9. The van der Waals surface area contributed by atoms with Gasteiger partial charge in [0.1, 0.15) is 19.3 Å². The van der Waals surface area contributed by atoms with Crippen LogP contribution in [0.2, 0.25) is 0 Å². The Morgan fingerprint density at radius 1 is 0.450 bits per heavy atom. The molecule has 0 saturated carbocycles. The molecule has 0 spiro atoms. The van der Waals surface area contributed by atoms with Crippen LogP contribution in [0.5, 0.6) is 0 Å². The number of ether oxygens (including phenoxy) is 1. The first-order valence-electron chi connectivity index (χ1n) is 32.0. The monoisotopic (exact) mass is 1130 g/mol. The molecule has 0 aromatic rings. The third-order valence-electron chi connectivity index (χ3n) is 13.3. The second-order valence-electron chi connectivity index (χ2n) is 22.2. The minimum atomic E-state index is -4.73. The van der Waals surface area contributed by atoms with Gasteiger partial charge < -0.3 is 28.5 Å². The summed E-state index contributed by atoms with van der Waals surface area (Å²) in [5.74, 6) is -0.622. The van der Waals surface area contributed by atoms with Crippen molar-refractivity contribution < 1.29 is 37.3 Å². The lowest BCUT2D eigenvalue weighted by molar-refractivity contribution is -0.870. The molecule has 0 heterocycles. The molecular formula is C70H119N2O7P. The van der Waals surface area contributed by atoms with Crippen LogP contribution < -0.4 is 10.2 Å². The minimum Gasteiger partial charge on any atom is -0.756 e. The van der Waals surface area contributed by atoms with E-state index in [-0.39, 0.29) is 31.3 Å². The number of amides is 1. The van der Waals surface area contributed by atoms with E-state index in [1.54, 1.807) is 0 Å². The summed E-state index contributed by atoms with van der Waals surface area (Å²) < 4.78 is 30.3. The first-order valence-corrected chi connectivity index (χ1v) is 33.5. The van der Waals surface area contributed by atoms with E-state index >= 15 is 0 Å². The van der Waals surface area contributed by atoms with Gasteiger partial charge in [-0.2, -0.15) is 0 Å². The quantitative estimate of drug-likeness (QED) is 0.0212. The SMILES string of the molecule is CC/C=C\C/C=C\C/C=C\C/C=C\C/C=C\C/C=C\CCCCC(=O)NC(COP(=O)([O-])OCC[N+](C)(C)C)C(/C=C/CCCCCCCCCCCC)OC(=O)CCCCCCC/C=C\C/C=C\C/C=C\C/C=C\CCCCC. The Bertz CT molecular complexity index is 1830. The minimum absolute atomic E-state index is 0.0419. The van der Waals surface area contributed by atoms with Crippen molar-refractivity contribution in [3.63, 3.8) is 0 Å². The van der Waals surface area contributed by atoms with Crippen LogP contribution in [0.4, 0.5) is 0 Å². The van der Waals surface area contributed by atoms with E-state index in [9.17, 15) is 19.0 Å². The Morgan fingerprint density at radius 2 is 0.800 bits per heavy atom. The van der Waals surface area contributed by atoms with Crippen molar-refractivity contribution in [1.82, 2.24) is 5.32 Å². The number of carbonyl (C=O) groups excluding carboxylic acids is 2. The number of unbranched alkanes of at least 4 members (excludes halogenated alkanes) is 20. The van der Waals surface area contributed by atoms with Crippen molar-refractivity contribution in [2.45, 2.75) is 258 Å². The van der Waals surface area contributed by atoms with Crippen LogP contribution in [0.15, 0.2) is 134 Å². The number of rotatable bonds is 56. The number of hydrogen-bond donors (Lipinski definition) is 1. The van der Waals surface area contributed by atoms with Gasteiger partial charge in [-0.25, -0.2) is 0 Å². The number of nitrogens with one attached hydrogen (secondary N) is 1. The van der Waals surface area contributed by atoms with Crippen LogP contribution in [-0.2, 0) is 27.9 Å². The third kappa shape index (κ3) is 58.8. The second-order valence-corrected chi connectivity index (χ2v) is 23.6. The standard InChI is InChI=1S/C70H119N2O7P/c1-7-10-13-16-19-22-25-28-30-32-34-36-38-40-42-44-47-50-53-56-59-62-69(73)71-67(66-78-80(75,76)77-65-64-72(4,5)6)68(61-58-55-52-49-46-27-24-21-18-15-12-9-3)79-70(74)63-60-57-54-51-48-45-43-41-39-37-35-33-31-29-26-23-20-17-14-11-8-2/h10,13,19-20,22-23,28-31,34-37,40-43,47,50,58,61,67-68H,7-9,11-12,14-18,21,24-27,32-33,38-39,44-46,48-49,51-57,59-60,62-66H2,1-6H3,(H-,71,73,75,76)/b13-10-,22-19-,23-20-,30-28-,31-29-,36-34-,37-35-,42-40-,43-41-,50-47-,61-58+. The number of carbonyl (C=O) groups is 2. The number of quaternary nitrogens is 1. The van der Waals surface area contributed by atoms with E-state index in [2.05, 4.69) is 148 Å². The number of esters is 1. The van der Waals surface area contributed by atoms with Crippen LogP contribution in [0.3, 0.4) is 0 Å². The highest BCUT2D eigenvalue weighted by Gasteiger charge is 2.27. The Labute approximate surface area is 492 Å². The van der Waals surface area contributed by atoms with E-state index in [4.69, 9.17) is 13.8 Å². The van der Waals surface area contributed by atoms with E-state index < -0.39 is 26.6 Å². The Kier molecular flexibility index (Phi) is 55.5. The first kappa shape index (κ1) is 76.1. The molecule has 0 bridgehead atoms. The van der Waals surface area contributed by atoms with Crippen LogP contribution in [-0.4, -0.2) is 69.4 Å². The predicted molar refractivity (Wildman–Crippen MR) is 343 cm³/mol. The molecule has 0 aliphatic heterocycles. The molecule has 0 saturated heterocycles. The highest BCUT2D eigenvalue weighted by atomic mass is 31.2. The molecule has 0 rings (SSSR count). The maximum absolute atomic E-state index is 13.5. The largest absolute Gasteiger partial charge is 0.756 e. The Balaban J connectivity index is 5.36. The Hall–Kier alpha value is -3.85. The van der Waals surface area contributed by atoms with Crippen LogP contribution >= 0.6 is 7.82 Å². The highest BCUT2D eigenvalue weighted by Crippen LogP contribution is 2.38. The van der Waals surface area contributed by atoms with Crippen molar-refractivity contribution in [3.8, 4) is 0 Å². The molecule has 0 aromatic carbocycles. The van der Waals surface area contributed by atoms with E-state index in [1.807, 2.05) is 33.3 Å². The number of allylic oxidation sites excluding steroid dienone is 21. The van der Waals surface area contributed by atoms with Gasteiger partial charge in [0.05, 0.1) is 33.8 Å². The second kappa shape index (κ2) is 58.4. The van der Waals surface area contributed by atoms with Gasteiger partial charge in [0, 0.05) is 12.8 Å². The maximum atomic E-state index is 13.5. The summed E-state index contributed by atoms with van der Waals surface area (Å²) in [5.41, 5.74) is 0. The lowest BCUT2D eigenvalue weighted by Gasteiger charge is -2.30. The molecule has 1 N–H and O–H groups in total. The average molecular weight is 1130 g/mol. The van der Waals surface area contributed by atoms with Crippen molar-refractivity contribution in [3.05, 3.63) is 134 Å². The van der Waals surface area contributed by atoms with Crippen molar-refractivity contribution in [2.75, 3.05) is 40.9 Å². The summed E-state index contributed by atoms with van der Waals surface area (Å²) in [6.45, 7) is 6.63. The molecule has 0 aliphatic rings. The topological polar surface area (TPSA) is 114 Å². The number of phosphoric acid groups is 1. The summed E-state index contributed by atoms with van der Waals surface area (Å²) in [5, 5.41) is 3.00. The fraction of sp³-hybridized carbons (Fsp3) is 0.657. The van der Waals surface area contributed by atoms with Gasteiger partial charge in [-0.15, -0.1) is 0 Å². The molecular weight excluding hydrogens is 1010 g/mol. The van der Waals surface area contributed by atoms with Gasteiger partial charge in [0.2, 0.25) is 5.91 Å². The number of phosphoric ester groups is 1. The van der Waals surface area contributed by atoms with E-state index in [0.717, 1.165) is 122 Å². The summed E-state index contributed by atoms with van der Waals surface area (Å²) in [4.78, 5) is 40.0. The van der Waals surface area contributed by atoms with Crippen molar-refractivity contribution in [1.29, 1.82) is 0 Å². The molecule has 3 unspecified atom stereocenters. The molecule has 10 heteroatoms. The predicted octanol–water partition coefficient (Wildman–Crippen LogP) is 19.4. The van der Waals surface area contributed by atoms with Crippen molar-refractivity contribution in [2.24, 2.45) is 0 Å². The van der Waals surface area contributed by atoms with Crippen LogP contribution in [0.1, 0.15) is 245 Å². The molecule has 1 amide bonds. The van der Waals surface area contributed by atoms with Crippen LogP contribution in [0, 0.1) is 0 Å². The third-order valence-corrected chi connectivity index (χ3v) is 14.3. The van der Waals surface area contributed by atoms with Gasteiger partial charge >= 0.3 is 5.97 Å². The average Bonchev–Trinajstić information content (AvgIpc) is 3.42. The van der Waals surface area contributed by atoms with E-state index in [1.165, 1.54) is 77.0 Å². The normalized spacial score (nSPS) is 14.5.